The molecule has 19 heavy (non-hydrogen) atoms. The van der Waals surface area contributed by atoms with E-state index < -0.39 is 0 Å². The Morgan fingerprint density at radius 3 is 2.84 bits per heavy atom. The molecule has 1 aromatic heterocycles. The van der Waals surface area contributed by atoms with E-state index in [-0.39, 0.29) is 5.78 Å². The normalized spacial score (nSPS) is 13.6. The van der Waals surface area contributed by atoms with Crippen LogP contribution in [0.3, 0.4) is 0 Å². The minimum absolute atomic E-state index is 0.128. The van der Waals surface area contributed by atoms with Crippen LogP contribution in [0, 0.1) is 13.8 Å². The molecule has 0 aliphatic carbocycles. The number of hydrogen-bond acceptors (Lipinski definition) is 4. The average molecular weight is 273 g/mol. The van der Waals surface area contributed by atoms with Gasteiger partial charge >= 0.3 is 0 Å². The minimum atomic E-state index is 0.128. The molecule has 0 spiro atoms. The summed E-state index contributed by atoms with van der Waals surface area (Å²) in [7, 11) is 0. The summed E-state index contributed by atoms with van der Waals surface area (Å²) in [6, 6.07) is 5.84. The molecule has 0 fully saturated rings. The highest BCUT2D eigenvalue weighted by atomic mass is 32.1. The zero-order valence-corrected chi connectivity index (χ0v) is 11.8. The molecule has 0 N–H and O–H groups in total. The van der Waals surface area contributed by atoms with Gasteiger partial charge < -0.3 is 4.74 Å². The molecule has 3 rings (SSSR count). The van der Waals surface area contributed by atoms with Gasteiger partial charge in [-0.15, -0.1) is 11.3 Å². The molecule has 0 radical (unpaired) electrons. The van der Waals surface area contributed by atoms with Gasteiger partial charge in [-0.25, -0.2) is 4.98 Å². The van der Waals surface area contributed by atoms with Crippen molar-refractivity contribution in [3.05, 3.63) is 50.5 Å². The van der Waals surface area contributed by atoms with Crippen LogP contribution in [-0.2, 0) is 24.4 Å². The van der Waals surface area contributed by atoms with Gasteiger partial charge in [0.1, 0.15) is 5.01 Å². The van der Waals surface area contributed by atoms with Crippen LogP contribution in [-0.4, -0.2) is 10.8 Å². The van der Waals surface area contributed by atoms with Crippen LogP contribution in [0.25, 0.3) is 0 Å². The van der Waals surface area contributed by atoms with E-state index >= 15 is 0 Å². The number of carbonyl (C=O) groups is 1. The number of aromatic nitrogens is 1. The van der Waals surface area contributed by atoms with E-state index in [9.17, 15) is 4.79 Å². The Hall–Kier alpha value is -1.52. The maximum Gasteiger partial charge on any atom is 0.169 e. The third-order valence-electron chi connectivity index (χ3n) is 3.43. The fourth-order valence-corrected chi connectivity index (χ4v) is 3.13. The number of rotatable bonds is 3. The van der Waals surface area contributed by atoms with Crippen molar-refractivity contribution in [2.24, 2.45) is 0 Å². The summed E-state index contributed by atoms with van der Waals surface area (Å²) in [5.41, 5.74) is 4.11. The molecule has 3 nitrogen and oxygen atoms in total. The molecular weight excluding hydrogens is 258 g/mol. The third-order valence-corrected chi connectivity index (χ3v) is 4.50. The van der Waals surface area contributed by atoms with Gasteiger partial charge in [0, 0.05) is 10.4 Å². The smallest absolute Gasteiger partial charge is 0.169 e. The number of ether oxygens (including phenoxy) is 1. The van der Waals surface area contributed by atoms with Crippen LogP contribution in [0.2, 0.25) is 0 Å². The van der Waals surface area contributed by atoms with Crippen molar-refractivity contribution in [1.29, 1.82) is 0 Å². The van der Waals surface area contributed by atoms with E-state index in [0.29, 0.717) is 19.6 Å². The van der Waals surface area contributed by atoms with Gasteiger partial charge in [-0.05, 0) is 31.0 Å². The lowest BCUT2D eigenvalue weighted by Crippen LogP contribution is -2.04. The fourth-order valence-electron chi connectivity index (χ4n) is 2.20. The third kappa shape index (κ3) is 2.46. The molecule has 4 heteroatoms. The van der Waals surface area contributed by atoms with Gasteiger partial charge in [-0.2, -0.15) is 0 Å². The Labute approximate surface area is 116 Å². The second-order valence-corrected chi connectivity index (χ2v) is 6.11. The quantitative estimate of drug-likeness (QED) is 0.806. The predicted molar refractivity (Wildman–Crippen MR) is 74.6 cm³/mol. The van der Waals surface area contributed by atoms with Crippen LogP contribution in [0.1, 0.15) is 37.1 Å². The summed E-state index contributed by atoms with van der Waals surface area (Å²) in [5, 5.41) is 0.900. The van der Waals surface area contributed by atoms with Gasteiger partial charge in [0.25, 0.3) is 0 Å². The van der Waals surface area contributed by atoms with Gasteiger partial charge in [0.2, 0.25) is 0 Å². The molecule has 1 aliphatic rings. The summed E-state index contributed by atoms with van der Waals surface area (Å²) in [6.07, 6.45) is 0.388. The Morgan fingerprint density at radius 1 is 1.32 bits per heavy atom. The Kier molecular flexibility index (Phi) is 3.21. The summed E-state index contributed by atoms with van der Waals surface area (Å²) in [6.45, 7) is 5.29. The van der Waals surface area contributed by atoms with Crippen LogP contribution in [0.4, 0.5) is 0 Å². The van der Waals surface area contributed by atoms with E-state index in [1.807, 2.05) is 32.0 Å². The summed E-state index contributed by atoms with van der Waals surface area (Å²) < 4.78 is 5.37. The second-order valence-electron chi connectivity index (χ2n) is 4.83. The second kappa shape index (κ2) is 4.87. The van der Waals surface area contributed by atoms with Gasteiger partial charge in [0.05, 0.1) is 25.3 Å². The number of ketones is 1. The highest BCUT2D eigenvalue weighted by molar-refractivity contribution is 7.11. The molecule has 2 aromatic rings. The molecule has 0 unspecified atom stereocenters. The topological polar surface area (TPSA) is 39.2 Å². The van der Waals surface area contributed by atoms with Crippen LogP contribution in [0.5, 0.6) is 0 Å². The number of hydrogen-bond donors (Lipinski definition) is 0. The maximum atomic E-state index is 12.3. The van der Waals surface area contributed by atoms with Crippen molar-refractivity contribution in [2.75, 3.05) is 0 Å². The lowest BCUT2D eigenvalue weighted by Gasteiger charge is -2.02. The lowest BCUT2D eigenvalue weighted by molar-refractivity contribution is 0.0992. The highest BCUT2D eigenvalue weighted by Crippen LogP contribution is 2.23. The van der Waals surface area contributed by atoms with Gasteiger partial charge in [-0.3, -0.25) is 4.79 Å². The van der Waals surface area contributed by atoms with Crippen molar-refractivity contribution < 1.29 is 9.53 Å². The first-order chi connectivity index (χ1) is 9.13. The number of aryl methyl sites for hydroxylation is 2. The zero-order valence-electron chi connectivity index (χ0n) is 11.0. The predicted octanol–water partition coefficient (Wildman–Crippen LogP) is 3.22. The molecule has 0 amide bonds. The molecule has 0 atom stereocenters. The summed E-state index contributed by atoms with van der Waals surface area (Å²) >= 11 is 1.61. The first-order valence-electron chi connectivity index (χ1n) is 6.29. The average Bonchev–Trinajstić information content (AvgIpc) is 2.96. The first kappa shape index (κ1) is 12.5. The number of thiazole rings is 1. The van der Waals surface area contributed by atoms with E-state index in [0.717, 1.165) is 21.8 Å². The summed E-state index contributed by atoms with van der Waals surface area (Å²) in [5.74, 6) is 0.128. The Bertz CT molecular complexity index is 626. The van der Waals surface area contributed by atoms with Crippen LogP contribution >= 0.6 is 11.3 Å². The monoisotopic (exact) mass is 273 g/mol. The fraction of sp³-hybridized carbons (Fsp3) is 0.333. The first-order valence-corrected chi connectivity index (χ1v) is 7.11. The van der Waals surface area contributed by atoms with Gasteiger partial charge in [-0.1, -0.05) is 12.1 Å². The molecule has 1 aromatic carbocycles. The SMILES string of the molecule is Cc1nc(CC(=O)c2ccc3c(c2)COC3)sc1C. The van der Waals surface area contributed by atoms with Crippen molar-refractivity contribution >= 4 is 17.1 Å². The highest BCUT2D eigenvalue weighted by Gasteiger charge is 2.16. The lowest BCUT2D eigenvalue weighted by atomic mass is 10.0. The Balaban J connectivity index is 1.80. The molecule has 2 heterocycles. The summed E-state index contributed by atoms with van der Waals surface area (Å²) in [4.78, 5) is 17.9. The zero-order chi connectivity index (χ0) is 13.4. The van der Waals surface area contributed by atoms with Crippen molar-refractivity contribution in [2.45, 2.75) is 33.5 Å². The van der Waals surface area contributed by atoms with E-state index in [1.165, 1.54) is 10.4 Å². The minimum Gasteiger partial charge on any atom is -0.372 e. The number of nitrogens with zero attached hydrogens (tertiary/aromatic N) is 1. The molecular formula is C15H15NO2S. The van der Waals surface area contributed by atoms with E-state index in [2.05, 4.69) is 4.98 Å². The van der Waals surface area contributed by atoms with Gasteiger partial charge in [0.15, 0.2) is 5.78 Å². The number of fused-ring (bicyclic) bond motifs is 1. The molecule has 1 aliphatic heterocycles. The van der Waals surface area contributed by atoms with Crippen LogP contribution in [0.15, 0.2) is 18.2 Å². The van der Waals surface area contributed by atoms with E-state index in [4.69, 9.17) is 4.74 Å². The van der Waals surface area contributed by atoms with Crippen molar-refractivity contribution in [1.82, 2.24) is 4.98 Å². The Morgan fingerprint density at radius 2 is 2.11 bits per heavy atom. The molecule has 0 bridgehead atoms. The number of Topliss-reactive ketones (excluding diaryl/α,β-unsaturated/α-hetero) is 1. The van der Waals surface area contributed by atoms with Crippen LogP contribution < -0.4 is 0 Å². The molecule has 98 valence electrons. The maximum absolute atomic E-state index is 12.3. The van der Waals surface area contributed by atoms with E-state index in [1.54, 1.807) is 11.3 Å². The standard InChI is InChI=1S/C15H15NO2S/c1-9-10(2)19-15(16-9)6-14(17)11-3-4-12-7-18-8-13(12)5-11/h3-5H,6-8H2,1-2H3. The van der Waals surface area contributed by atoms with Crippen molar-refractivity contribution in [3.63, 3.8) is 0 Å². The van der Waals surface area contributed by atoms with Crippen molar-refractivity contribution in [3.8, 4) is 0 Å². The molecule has 0 saturated heterocycles. The number of carbonyl (C=O) groups excluding carboxylic acids is 1. The largest absolute Gasteiger partial charge is 0.372 e. The molecule has 0 saturated carbocycles. The number of benzene rings is 1.